The average molecular weight is 372 g/mol. The summed E-state index contributed by atoms with van der Waals surface area (Å²) >= 11 is 6.96. The van der Waals surface area contributed by atoms with E-state index in [-0.39, 0.29) is 0 Å². The van der Waals surface area contributed by atoms with E-state index in [0.717, 1.165) is 26.0 Å². The van der Waals surface area contributed by atoms with Crippen molar-refractivity contribution in [2.75, 3.05) is 7.11 Å². The first-order valence-corrected chi connectivity index (χ1v) is 6.99. The SMILES string of the molecule is COc1ccc(Br)c(COc2ccccc2Br)c1. The molecular weight excluding hydrogens is 360 g/mol. The maximum atomic E-state index is 5.77. The number of methoxy groups -OCH3 is 1. The van der Waals surface area contributed by atoms with Crippen molar-refractivity contribution in [3.8, 4) is 11.5 Å². The lowest BCUT2D eigenvalue weighted by atomic mass is 10.2. The third-order valence-corrected chi connectivity index (χ3v) is 3.90. The lowest BCUT2D eigenvalue weighted by Gasteiger charge is -2.10. The molecule has 0 aliphatic carbocycles. The Kier molecular flexibility index (Phi) is 4.66. The topological polar surface area (TPSA) is 18.5 Å². The summed E-state index contributed by atoms with van der Waals surface area (Å²) in [6.45, 7) is 0.487. The fourth-order valence-electron chi connectivity index (χ4n) is 1.51. The monoisotopic (exact) mass is 370 g/mol. The highest BCUT2D eigenvalue weighted by Crippen LogP contribution is 2.27. The molecule has 18 heavy (non-hydrogen) atoms. The number of rotatable bonds is 4. The lowest BCUT2D eigenvalue weighted by molar-refractivity contribution is 0.302. The molecule has 2 nitrogen and oxygen atoms in total. The minimum atomic E-state index is 0.487. The first-order chi connectivity index (χ1) is 8.70. The molecule has 2 rings (SSSR count). The standard InChI is InChI=1S/C14H12Br2O2/c1-17-11-6-7-12(15)10(8-11)9-18-14-5-3-2-4-13(14)16/h2-8H,9H2,1H3. The van der Waals surface area contributed by atoms with E-state index in [1.165, 1.54) is 0 Å². The molecule has 0 N–H and O–H groups in total. The molecule has 0 bridgehead atoms. The fourth-order valence-corrected chi connectivity index (χ4v) is 2.27. The predicted octanol–water partition coefficient (Wildman–Crippen LogP) is 4.80. The minimum absolute atomic E-state index is 0.487. The molecule has 0 fully saturated rings. The molecule has 2 aromatic rings. The second kappa shape index (κ2) is 6.25. The van der Waals surface area contributed by atoms with Crippen LogP contribution < -0.4 is 9.47 Å². The van der Waals surface area contributed by atoms with Crippen LogP contribution in [-0.2, 0) is 6.61 Å². The van der Waals surface area contributed by atoms with Crippen molar-refractivity contribution in [3.63, 3.8) is 0 Å². The van der Waals surface area contributed by atoms with Gasteiger partial charge in [0.2, 0.25) is 0 Å². The maximum absolute atomic E-state index is 5.77. The number of hydrogen-bond acceptors (Lipinski definition) is 2. The molecule has 4 heteroatoms. The van der Waals surface area contributed by atoms with Gasteiger partial charge in [0.1, 0.15) is 18.1 Å². The van der Waals surface area contributed by atoms with Crippen LogP contribution in [0.15, 0.2) is 51.4 Å². The number of ether oxygens (including phenoxy) is 2. The van der Waals surface area contributed by atoms with Crippen LogP contribution in [0.1, 0.15) is 5.56 Å². The highest BCUT2D eigenvalue weighted by atomic mass is 79.9. The van der Waals surface area contributed by atoms with Gasteiger partial charge in [-0.05, 0) is 46.3 Å². The average Bonchev–Trinajstić information content (AvgIpc) is 2.39. The van der Waals surface area contributed by atoms with Gasteiger partial charge < -0.3 is 9.47 Å². The molecule has 0 saturated carbocycles. The molecule has 0 saturated heterocycles. The van der Waals surface area contributed by atoms with Gasteiger partial charge in [-0.3, -0.25) is 0 Å². The van der Waals surface area contributed by atoms with Crippen molar-refractivity contribution >= 4 is 31.9 Å². The van der Waals surface area contributed by atoms with Gasteiger partial charge in [0.25, 0.3) is 0 Å². The van der Waals surface area contributed by atoms with Gasteiger partial charge in [0.15, 0.2) is 0 Å². The van der Waals surface area contributed by atoms with E-state index in [0.29, 0.717) is 6.61 Å². The molecule has 0 unspecified atom stereocenters. The first kappa shape index (κ1) is 13.4. The summed E-state index contributed by atoms with van der Waals surface area (Å²) in [4.78, 5) is 0. The molecule has 2 aromatic carbocycles. The zero-order valence-electron chi connectivity index (χ0n) is 9.82. The molecule has 0 aliphatic rings. The Balaban J connectivity index is 2.13. The lowest BCUT2D eigenvalue weighted by Crippen LogP contribution is -1.97. The van der Waals surface area contributed by atoms with E-state index < -0.39 is 0 Å². The van der Waals surface area contributed by atoms with E-state index in [1.54, 1.807) is 7.11 Å². The summed E-state index contributed by atoms with van der Waals surface area (Å²) in [6.07, 6.45) is 0. The summed E-state index contributed by atoms with van der Waals surface area (Å²) in [6, 6.07) is 13.6. The zero-order valence-corrected chi connectivity index (χ0v) is 13.0. The summed E-state index contributed by atoms with van der Waals surface area (Å²) in [5.41, 5.74) is 1.05. The Morgan fingerprint density at radius 1 is 1.00 bits per heavy atom. The largest absolute Gasteiger partial charge is 0.497 e. The molecule has 0 radical (unpaired) electrons. The maximum Gasteiger partial charge on any atom is 0.133 e. The van der Waals surface area contributed by atoms with Gasteiger partial charge in [-0.2, -0.15) is 0 Å². The predicted molar refractivity (Wildman–Crippen MR) is 79.2 cm³/mol. The minimum Gasteiger partial charge on any atom is -0.497 e. The van der Waals surface area contributed by atoms with Crippen LogP contribution >= 0.6 is 31.9 Å². The summed E-state index contributed by atoms with van der Waals surface area (Å²) in [5.74, 6) is 1.65. The molecule has 0 heterocycles. The number of para-hydroxylation sites is 1. The Morgan fingerprint density at radius 3 is 2.50 bits per heavy atom. The highest BCUT2D eigenvalue weighted by molar-refractivity contribution is 9.10. The van der Waals surface area contributed by atoms with E-state index >= 15 is 0 Å². The highest BCUT2D eigenvalue weighted by Gasteiger charge is 2.05. The van der Waals surface area contributed by atoms with E-state index in [1.807, 2.05) is 42.5 Å². The first-order valence-electron chi connectivity index (χ1n) is 5.40. The summed E-state index contributed by atoms with van der Waals surface area (Å²) in [5, 5.41) is 0. The Bertz CT molecular complexity index is 541. The molecule has 0 atom stereocenters. The number of halogens is 2. The normalized spacial score (nSPS) is 10.2. The quantitative estimate of drug-likeness (QED) is 0.768. The second-order valence-corrected chi connectivity index (χ2v) is 5.39. The third-order valence-electron chi connectivity index (χ3n) is 2.47. The van der Waals surface area contributed by atoms with Gasteiger partial charge in [-0.1, -0.05) is 28.1 Å². The van der Waals surface area contributed by atoms with Gasteiger partial charge in [0.05, 0.1) is 11.6 Å². The summed E-state index contributed by atoms with van der Waals surface area (Å²) in [7, 11) is 1.65. The van der Waals surface area contributed by atoms with Gasteiger partial charge >= 0.3 is 0 Å². The van der Waals surface area contributed by atoms with Crippen molar-refractivity contribution in [3.05, 3.63) is 57.0 Å². The molecular formula is C14H12Br2O2. The summed E-state index contributed by atoms with van der Waals surface area (Å²) < 4.78 is 12.9. The molecule has 0 amide bonds. The van der Waals surface area contributed by atoms with Crippen LogP contribution in [0.5, 0.6) is 11.5 Å². The van der Waals surface area contributed by atoms with Gasteiger partial charge in [0, 0.05) is 10.0 Å². The van der Waals surface area contributed by atoms with Gasteiger partial charge in [-0.25, -0.2) is 0 Å². The zero-order chi connectivity index (χ0) is 13.0. The Morgan fingerprint density at radius 2 is 1.78 bits per heavy atom. The number of hydrogen-bond donors (Lipinski definition) is 0. The van der Waals surface area contributed by atoms with Crippen molar-refractivity contribution in [1.82, 2.24) is 0 Å². The van der Waals surface area contributed by atoms with Crippen LogP contribution in [0.25, 0.3) is 0 Å². The van der Waals surface area contributed by atoms with Crippen molar-refractivity contribution in [1.29, 1.82) is 0 Å². The van der Waals surface area contributed by atoms with Crippen molar-refractivity contribution in [2.45, 2.75) is 6.61 Å². The Hall–Kier alpha value is -1.00. The molecule has 0 spiro atoms. The van der Waals surface area contributed by atoms with Crippen LogP contribution in [-0.4, -0.2) is 7.11 Å². The smallest absolute Gasteiger partial charge is 0.133 e. The molecule has 0 aromatic heterocycles. The molecule has 94 valence electrons. The van der Waals surface area contributed by atoms with Crippen LogP contribution in [0.4, 0.5) is 0 Å². The number of benzene rings is 2. The van der Waals surface area contributed by atoms with Crippen molar-refractivity contribution < 1.29 is 9.47 Å². The van der Waals surface area contributed by atoms with E-state index in [4.69, 9.17) is 9.47 Å². The van der Waals surface area contributed by atoms with Gasteiger partial charge in [-0.15, -0.1) is 0 Å². The fraction of sp³-hybridized carbons (Fsp3) is 0.143. The Labute approximate surface area is 123 Å². The van der Waals surface area contributed by atoms with E-state index in [9.17, 15) is 0 Å². The molecule has 0 aliphatic heterocycles. The third kappa shape index (κ3) is 3.27. The van der Waals surface area contributed by atoms with Crippen LogP contribution in [0, 0.1) is 0 Å². The van der Waals surface area contributed by atoms with E-state index in [2.05, 4.69) is 31.9 Å². The van der Waals surface area contributed by atoms with Crippen LogP contribution in [0.3, 0.4) is 0 Å². The van der Waals surface area contributed by atoms with Crippen molar-refractivity contribution in [2.24, 2.45) is 0 Å². The second-order valence-electron chi connectivity index (χ2n) is 3.68. The van der Waals surface area contributed by atoms with Crippen LogP contribution in [0.2, 0.25) is 0 Å².